The fourth-order valence-corrected chi connectivity index (χ4v) is 3.33. The van der Waals surface area contributed by atoms with Crippen molar-refractivity contribution in [1.82, 2.24) is 0 Å². The van der Waals surface area contributed by atoms with E-state index in [1.165, 1.54) is 5.54 Å². The molecule has 1 unspecified atom stereocenters. The molecule has 0 amide bonds. The number of ether oxygens (including phenoxy) is 1. The van der Waals surface area contributed by atoms with Crippen molar-refractivity contribution in [2.75, 3.05) is 19.8 Å². The Labute approximate surface area is 142 Å². The predicted octanol–water partition coefficient (Wildman–Crippen LogP) is 3.74. The summed E-state index contributed by atoms with van der Waals surface area (Å²) in [5.41, 5.74) is 2.19. The Hall–Kier alpha value is -1.33. The Balaban J connectivity index is 2.09. The van der Waals surface area contributed by atoms with Crippen LogP contribution < -0.4 is 0 Å². The van der Waals surface area contributed by atoms with Gasteiger partial charge in [0.05, 0.1) is 11.3 Å². The molecule has 5 nitrogen and oxygen atoms in total. The first-order chi connectivity index (χ1) is 11.2. The minimum Gasteiger partial charge on any atom is -0.511 e. The van der Waals surface area contributed by atoms with Gasteiger partial charge < -0.3 is 14.7 Å². The third kappa shape index (κ3) is 4.82. The van der Waals surface area contributed by atoms with E-state index < -0.39 is 0 Å². The SMILES string of the molecule is CC/C(=N\OC/C=C/Cl)C1=C(O)CC(C2CCOCC2)CC1=O. The fraction of sp³-hybridized carbons (Fsp3) is 0.647. The second-order valence-electron chi connectivity index (χ2n) is 5.91. The van der Waals surface area contributed by atoms with E-state index in [-0.39, 0.29) is 24.1 Å². The minimum atomic E-state index is -0.0395. The number of aliphatic hydroxyl groups is 1. The zero-order chi connectivity index (χ0) is 16.7. The van der Waals surface area contributed by atoms with Crippen LogP contribution in [0.15, 0.2) is 28.1 Å². The molecule has 128 valence electrons. The third-order valence-electron chi connectivity index (χ3n) is 4.46. The highest BCUT2D eigenvalue weighted by Crippen LogP contribution is 2.36. The van der Waals surface area contributed by atoms with Gasteiger partial charge in [-0.3, -0.25) is 4.79 Å². The molecule has 1 fully saturated rings. The topological polar surface area (TPSA) is 68.1 Å². The Bertz CT molecular complexity index is 507. The Morgan fingerprint density at radius 2 is 2.13 bits per heavy atom. The number of carbonyl (C=O) groups is 1. The van der Waals surface area contributed by atoms with Crippen molar-refractivity contribution in [2.45, 2.75) is 39.0 Å². The van der Waals surface area contributed by atoms with Crippen LogP contribution in [0, 0.1) is 11.8 Å². The smallest absolute Gasteiger partial charge is 0.168 e. The maximum Gasteiger partial charge on any atom is 0.168 e. The van der Waals surface area contributed by atoms with Gasteiger partial charge in [0.2, 0.25) is 0 Å². The van der Waals surface area contributed by atoms with E-state index in [9.17, 15) is 9.90 Å². The van der Waals surface area contributed by atoms with Crippen LogP contribution in [-0.4, -0.2) is 36.4 Å². The highest BCUT2D eigenvalue weighted by atomic mass is 35.5. The molecule has 2 rings (SSSR count). The normalized spacial score (nSPS) is 24.5. The van der Waals surface area contributed by atoms with Crippen LogP contribution in [0.2, 0.25) is 0 Å². The molecule has 1 atom stereocenters. The van der Waals surface area contributed by atoms with Gasteiger partial charge in [0.1, 0.15) is 12.4 Å². The van der Waals surface area contributed by atoms with Crippen molar-refractivity contribution < 1.29 is 19.5 Å². The van der Waals surface area contributed by atoms with Gasteiger partial charge in [0, 0.05) is 31.6 Å². The second-order valence-corrected chi connectivity index (χ2v) is 6.16. The van der Waals surface area contributed by atoms with Gasteiger partial charge in [0.15, 0.2) is 5.78 Å². The molecule has 0 aromatic rings. The molecule has 0 spiro atoms. The number of halogens is 1. The molecule has 1 aliphatic heterocycles. The zero-order valence-electron chi connectivity index (χ0n) is 13.5. The Kier molecular flexibility index (Phi) is 7.12. The number of rotatable bonds is 6. The first kappa shape index (κ1) is 18.0. The number of hydrogen-bond donors (Lipinski definition) is 1. The van der Waals surface area contributed by atoms with Crippen LogP contribution in [-0.2, 0) is 14.4 Å². The summed E-state index contributed by atoms with van der Waals surface area (Å²) in [4.78, 5) is 17.6. The van der Waals surface area contributed by atoms with E-state index in [1.807, 2.05) is 6.92 Å². The zero-order valence-corrected chi connectivity index (χ0v) is 14.2. The molecule has 0 aromatic heterocycles. The summed E-state index contributed by atoms with van der Waals surface area (Å²) in [6.45, 7) is 3.62. The fourth-order valence-electron chi connectivity index (χ4n) is 3.25. The number of oxime groups is 1. The number of aliphatic hydroxyl groups excluding tert-OH is 1. The van der Waals surface area contributed by atoms with Crippen molar-refractivity contribution >= 4 is 23.1 Å². The number of ketones is 1. The lowest BCUT2D eigenvalue weighted by Crippen LogP contribution is -2.31. The van der Waals surface area contributed by atoms with Gasteiger partial charge in [0.25, 0.3) is 0 Å². The average Bonchev–Trinajstić information content (AvgIpc) is 2.57. The van der Waals surface area contributed by atoms with Gasteiger partial charge in [-0.15, -0.1) is 0 Å². The molecule has 0 bridgehead atoms. The van der Waals surface area contributed by atoms with E-state index in [0.29, 0.717) is 36.5 Å². The van der Waals surface area contributed by atoms with E-state index in [0.717, 1.165) is 26.1 Å². The predicted molar refractivity (Wildman–Crippen MR) is 89.6 cm³/mol. The summed E-state index contributed by atoms with van der Waals surface area (Å²) >= 11 is 5.41. The molecule has 1 saturated heterocycles. The van der Waals surface area contributed by atoms with Gasteiger partial charge in [-0.2, -0.15) is 0 Å². The lowest BCUT2D eigenvalue weighted by molar-refractivity contribution is -0.117. The Morgan fingerprint density at radius 1 is 1.39 bits per heavy atom. The van der Waals surface area contributed by atoms with Crippen LogP contribution in [0.1, 0.15) is 39.0 Å². The largest absolute Gasteiger partial charge is 0.511 e. The minimum absolute atomic E-state index is 0.0395. The Morgan fingerprint density at radius 3 is 2.74 bits per heavy atom. The van der Waals surface area contributed by atoms with Crippen molar-refractivity contribution in [2.24, 2.45) is 17.0 Å². The highest BCUT2D eigenvalue weighted by molar-refractivity contribution is 6.25. The molecule has 0 radical (unpaired) electrons. The summed E-state index contributed by atoms with van der Waals surface area (Å²) in [6, 6.07) is 0. The summed E-state index contributed by atoms with van der Waals surface area (Å²) < 4.78 is 5.38. The van der Waals surface area contributed by atoms with Crippen LogP contribution in [0.4, 0.5) is 0 Å². The summed E-state index contributed by atoms with van der Waals surface area (Å²) in [5, 5.41) is 14.4. The standard InChI is InChI=1S/C17H24ClNO4/c1-2-14(19-23-7-3-6-18)17-15(20)10-13(11-16(17)21)12-4-8-22-9-5-12/h3,6,12-13,20H,2,4-5,7-11H2,1H3/b6-3+,19-14+. The molecule has 0 aromatic carbocycles. The summed E-state index contributed by atoms with van der Waals surface area (Å²) in [6.07, 6.45) is 5.05. The van der Waals surface area contributed by atoms with E-state index >= 15 is 0 Å². The summed E-state index contributed by atoms with van der Waals surface area (Å²) in [5.74, 6) is 0.758. The quantitative estimate of drug-likeness (QED) is 0.454. The molecular formula is C17H24ClNO4. The van der Waals surface area contributed by atoms with Crippen molar-refractivity contribution in [3.05, 3.63) is 22.9 Å². The third-order valence-corrected chi connectivity index (χ3v) is 4.64. The number of Topliss-reactive ketones (excluding diaryl/α,β-unsaturated/α-hetero) is 1. The van der Waals surface area contributed by atoms with Gasteiger partial charge in [-0.25, -0.2) is 0 Å². The van der Waals surface area contributed by atoms with Gasteiger partial charge >= 0.3 is 0 Å². The molecule has 0 saturated carbocycles. The van der Waals surface area contributed by atoms with Gasteiger partial charge in [-0.05, 0) is 37.2 Å². The molecule has 1 N–H and O–H groups in total. The molecule has 1 aliphatic carbocycles. The highest BCUT2D eigenvalue weighted by Gasteiger charge is 2.34. The number of hydrogen-bond acceptors (Lipinski definition) is 5. The average molecular weight is 342 g/mol. The van der Waals surface area contributed by atoms with Crippen LogP contribution >= 0.6 is 11.6 Å². The van der Waals surface area contributed by atoms with Crippen molar-refractivity contribution in [3.63, 3.8) is 0 Å². The lowest BCUT2D eigenvalue weighted by atomic mass is 9.75. The number of allylic oxidation sites excluding steroid dienone is 2. The van der Waals surface area contributed by atoms with Gasteiger partial charge in [-0.1, -0.05) is 23.7 Å². The molecule has 23 heavy (non-hydrogen) atoms. The van der Waals surface area contributed by atoms with E-state index in [2.05, 4.69) is 5.16 Å². The maximum atomic E-state index is 12.5. The molecule has 1 heterocycles. The van der Waals surface area contributed by atoms with Crippen LogP contribution in [0.5, 0.6) is 0 Å². The van der Waals surface area contributed by atoms with E-state index in [4.69, 9.17) is 21.2 Å². The first-order valence-electron chi connectivity index (χ1n) is 8.14. The first-order valence-corrected chi connectivity index (χ1v) is 8.58. The van der Waals surface area contributed by atoms with Crippen molar-refractivity contribution in [1.29, 1.82) is 0 Å². The monoisotopic (exact) mass is 341 g/mol. The van der Waals surface area contributed by atoms with Crippen LogP contribution in [0.3, 0.4) is 0 Å². The maximum absolute atomic E-state index is 12.5. The second kappa shape index (κ2) is 9.08. The molecule has 2 aliphatic rings. The molecular weight excluding hydrogens is 318 g/mol. The molecule has 6 heteroatoms. The number of nitrogens with zero attached hydrogens (tertiary/aromatic N) is 1. The van der Waals surface area contributed by atoms with Crippen LogP contribution in [0.25, 0.3) is 0 Å². The van der Waals surface area contributed by atoms with E-state index in [1.54, 1.807) is 6.08 Å². The number of carbonyl (C=O) groups excluding carboxylic acids is 1. The lowest BCUT2D eigenvalue weighted by Gasteiger charge is -2.32. The van der Waals surface area contributed by atoms with Crippen molar-refractivity contribution in [3.8, 4) is 0 Å². The summed E-state index contributed by atoms with van der Waals surface area (Å²) in [7, 11) is 0.